The fourth-order valence-electron chi connectivity index (χ4n) is 4.47. The third-order valence-electron chi connectivity index (χ3n) is 6.67. The Morgan fingerprint density at radius 2 is 1.72 bits per heavy atom. The molecule has 0 radical (unpaired) electrons. The third kappa shape index (κ3) is 5.90. The summed E-state index contributed by atoms with van der Waals surface area (Å²) >= 11 is 0. The van der Waals surface area contributed by atoms with E-state index in [1.807, 2.05) is 19.0 Å². The molecule has 5 aromatic rings. The molecule has 2 amide bonds. The molecule has 0 atom stereocenters. The summed E-state index contributed by atoms with van der Waals surface area (Å²) in [6.45, 7) is 0.621. The van der Waals surface area contributed by atoms with Gasteiger partial charge in [-0.1, -0.05) is 12.1 Å². The van der Waals surface area contributed by atoms with E-state index in [0.29, 0.717) is 40.5 Å². The number of anilines is 3. The Morgan fingerprint density at radius 3 is 2.44 bits per heavy atom. The number of amides is 2. The molecule has 2 aromatic carbocycles. The zero-order chi connectivity index (χ0) is 30.7. The predicted molar refractivity (Wildman–Crippen MR) is 164 cm³/mol. The second-order valence-electron chi connectivity index (χ2n) is 9.94. The molecule has 0 saturated carbocycles. The molecule has 11 nitrogen and oxygen atoms in total. The molecule has 0 fully saturated rings. The molecule has 0 bridgehead atoms. The smallest absolute Gasteiger partial charge is 0.339 e. The lowest BCUT2D eigenvalue weighted by Crippen LogP contribution is -2.25. The SMILES string of the molecule is CN(C)C/C=C/C(=O)N(C)c1cccc(-n2c(=O)n(-c3ccc(C(=O)Nc4ncccc4F)cc3)c3c(N)ccnc32)c1. The number of hydrogen-bond donors (Lipinski definition) is 2. The molecule has 3 aromatic heterocycles. The van der Waals surface area contributed by atoms with Crippen molar-refractivity contribution in [2.24, 2.45) is 0 Å². The minimum Gasteiger partial charge on any atom is -0.397 e. The van der Waals surface area contributed by atoms with Crippen molar-refractivity contribution < 1.29 is 14.0 Å². The maximum Gasteiger partial charge on any atom is 0.339 e. The molecule has 5 rings (SSSR count). The number of halogens is 1. The first-order chi connectivity index (χ1) is 20.7. The molecule has 3 heterocycles. The molecule has 0 spiro atoms. The van der Waals surface area contributed by atoms with Gasteiger partial charge in [0, 0.05) is 43.3 Å². The van der Waals surface area contributed by atoms with Gasteiger partial charge in [-0.2, -0.15) is 0 Å². The number of pyridine rings is 2. The van der Waals surface area contributed by atoms with E-state index in [2.05, 4.69) is 15.3 Å². The van der Waals surface area contributed by atoms with Crippen LogP contribution >= 0.6 is 0 Å². The molecular formula is C31H29FN8O3. The predicted octanol–water partition coefficient (Wildman–Crippen LogP) is 3.63. The Morgan fingerprint density at radius 1 is 0.953 bits per heavy atom. The molecule has 3 N–H and O–H groups in total. The maximum atomic E-state index is 14.0. The Kier molecular flexibility index (Phi) is 8.12. The number of imidazole rings is 1. The quantitative estimate of drug-likeness (QED) is 0.268. The Hall–Kier alpha value is -5.62. The molecule has 0 aliphatic heterocycles. The van der Waals surface area contributed by atoms with Crippen molar-refractivity contribution in [2.75, 3.05) is 43.6 Å². The third-order valence-corrected chi connectivity index (χ3v) is 6.67. The number of fused-ring (bicyclic) bond motifs is 1. The van der Waals surface area contributed by atoms with E-state index in [-0.39, 0.29) is 17.3 Å². The highest BCUT2D eigenvalue weighted by Gasteiger charge is 2.21. The second kappa shape index (κ2) is 12.1. The number of nitrogens with zero attached hydrogens (tertiary/aromatic N) is 6. The summed E-state index contributed by atoms with van der Waals surface area (Å²) < 4.78 is 16.8. The number of nitrogens with two attached hydrogens (primary N) is 1. The van der Waals surface area contributed by atoms with Crippen molar-refractivity contribution in [3.05, 3.63) is 113 Å². The lowest BCUT2D eigenvalue weighted by molar-refractivity contribution is -0.113. The van der Waals surface area contributed by atoms with Gasteiger partial charge in [0.25, 0.3) is 5.91 Å². The Bertz CT molecular complexity index is 1910. The molecule has 0 aliphatic carbocycles. The van der Waals surface area contributed by atoms with Gasteiger partial charge in [-0.3, -0.25) is 14.2 Å². The number of hydrogen-bond acceptors (Lipinski definition) is 7. The monoisotopic (exact) mass is 580 g/mol. The van der Waals surface area contributed by atoms with Gasteiger partial charge < -0.3 is 20.9 Å². The van der Waals surface area contributed by atoms with Crippen LogP contribution in [0.4, 0.5) is 21.6 Å². The number of nitrogen functional groups attached to an aromatic ring is 1. The van der Waals surface area contributed by atoms with Crippen LogP contribution < -0.4 is 21.6 Å². The lowest BCUT2D eigenvalue weighted by Gasteiger charge is -2.16. The van der Waals surface area contributed by atoms with E-state index >= 15 is 0 Å². The fraction of sp³-hybridized carbons (Fsp3) is 0.129. The normalized spacial score (nSPS) is 11.4. The van der Waals surface area contributed by atoms with Crippen LogP contribution in [0.25, 0.3) is 22.5 Å². The summed E-state index contributed by atoms with van der Waals surface area (Å²) in [6, 6.07) is 17.4. The van der Waals surface area contributed by atoms with Crippen molar-refractivity contribution in [2.45, 2.75) is 0 Å². The van der Waals surface area contributed by atoms with Crippen molar-refractivity contribution in [1.82, 2.24) is 24.0 Å². The van der Waals surface area contributed by atoms with Crippen molar-refractivity contribution in [3.63, 3.8) is 0 Å². The van der Waals surface area contributed by atoms with Gasteiger partial charge in [0.15, 0.2) is 17.3 Å². The zero-order valence-electron chi connectivity index (χ0n) is 23.7. The number of nitrogens with one attached hydrogen (secondary N) is 1. The summed E-state index contributed by atoms with van der Waals surface area (Å²) in [6.07, 6.45) is 6.16. The highest BCUT2D eigenvalue weighted by Crippen LogP contribution is 2.26. The topological polar surface area (TPSA) is 131 Å². The number of carbonyl (C=O) groups is 2. The average molecular weight is 581 g/mol. The van der Waals surface area contributed by atoms with Crippen molar-refractivity contribution in [1.29, 1.82) is 0 Å². The number of carbonyl (C=O) groups excluding carboxylic acids is 2. The van der Waals surface area contributed by atoms with E-state index in [1.165, 1.54) is 56.8 Å². The van der Waals surface area contributed by atoms with Gasteiger partial charge in [-0.25, -0.2) is 23.7 Å². The van der Waals surface area contributed by atoms with Gasteiger partial charge in [0.05, 0.1) is 17.1 Å². The van der Waals surface area contributed by atoms with Crippen molar-refractivity contribution in [3.8, 4) is 11.4 Å². The standard InChI is InChI=1S/C31H29FN8O3/c1-37(2)18-6-10-26(41)38(3)22-7-4-8-23(19-22)40-29-27(25(33)15-17-35-29)39(31(40)43)21-13-11-20(12-14-21)30(42)36-28-24(32)9-5-16-34-28/h4-17,19H,18H2,1-3H3,(H2,33,35)(H,34,36,42)/b10-6+. The summed E-state index contributed by atoms with van der Waals surface area (Å²) in [7, 11) is 5.48. The van der Waals surface area contributed by atoms with Crippen molar-refractivity contribution >= 4 is 40.2 Å². The molecule has 0 unspecified atom stereocenters. The van der Waals surface area contributed by atoms with Gasteiger partial charge in [-0.15, -0.1) is 0 Å². The van der Waals surface area contributed by atoms with Crippen LogP contribution in [0.3, 0.4) is 0 Å². The first kappa shape index (κ1) is 28.9. The van der Waals surface area contributed by atoms with E-state index < -0.39 is 17.4 Å². The minimum atomic E-state index is -0.657. The van der Waals surface area contributed by atoms with Crippen LogP contribution in [0, 0.1) is 5.82 Å². The first-order valence-corrected chi connectivity index (χ1v) is 13.3. The average Bonchev–Trinajstić information content (AvgIpc) is 3.30. The summed E-state index contributed by atoms with van der Waals surface area (Å²) in [5.41, 5.74) is 8.62. The highest BCUT2D eigenvalue weighted by molar-refractivity contribution is 6.04. The van der Waals surface area contributed by atoms with Crippen LogP contribution in [0.2, 0.25) is 0 Å². The molecule has 43 heavy (non-hydrogen) atoms. The molecule has 0 saturated heterocycles. The van der Waals surface area contributed by atoms with Gasteiger partial charge >= 0.3 is 5.69 Å². The summed E-state index contributed by atoms with van der Waals surface area (Å²) in [5, 5.41) is 2.44. The van der Waals surface area contributed by atoms with Crippen LogP contribution in [0.1, 0.15) is 10.4 Å². The zero-order valence-corrected chi connectivity index (χ0v) is 23.7. The van der Waals surface area contributed by atoms with Crippen LogP contribution in [0.5, 0.6) is 0 Å². The number of aromatic nitrogens is 4. The van der Waals surface area contributed by atoms with Crippen LogP contribution in [-0.4, -0.2) is 63.5 Å². The molecular weight excluding hydrogens is 551 g/mol. The van der Waals surface area contributed by atoms with Gasteiger partial charge in [-0.05, 0) is 74.8 Å². The van der Waals surface area contributed by atoms with Gasteiger partial charge in [0.1, 0.15) is 5.52 Å². The first-order valence-electron chi connectivity index (χ1n) is 13.3. The Balaban J connectivity index is 1.52. The summed E-state index contributed by atoms with van der Waals surface area (Å²) in [5.74, 6) is -1.62. The minimum absolute atomic E-state index is 0.186. The number of rotatable bonds is 8. The Labute approximate surface area is 246 Å². The molecule has 12 heteroatoms. The number of likely N-dealkylation sites (N-methyl/N-ethyl adjacent to an activating group) is 2. The van der Waals surface area contributed by atoms with E-state index in [1.54, 1.807) is 55.6 Å². The largest absolute Gasteiger partial charge is 0.397 e. The fourth-order valence-corrected chi connectivity index (χ4v) is 4.47. The lowest BCUT2D eigenvalue weighted by atomic mass is 10.2. The van der Waals surface area contributed by atoms with E-state index in [9.17, 15) is 18.8 Å². The van der Waals surface area contributed by atoms with E-state index in [4.69, 9.17) is 5.73 Å². The molecule has 218 valence electrons. The number of benzene rings is 2. The second-order valence-corrected chi connectivity index (χ2v) is 9.94. The highest BCUT2D eigenvalue weighted by atomic mass is 19.1. The molecule has 0 aliphatic rings. The van der Waals surface area contributed by atoms with E-state index in [0.717, 1.165) is 0 Å². The van der Waals surface area contributed by atoms with Crippen LogP contribution in [-0.2, 0) is 4.79 Å². The maximum absolute atomic E-state index is 14.0. The summed E-state index contributed by atoms with van der Waals surface area (Å²) in [4.78, 5) is 51.1. The van der Waals surface area contributed by atoms with Gasteiger partial charge in [0.2, 0.25) is 5.91 Å². The van der Waals surface area contributed by atoms with Crippen LogP contribution in [0.15, 0.2) is 96.1 Å².